The number of hydrogen-bond acceptors (Lipinski definition) is 7. The van der Waals surface area contributed by atoms with Crippen molar-refractivity contribution in [3.63, 3.8) is 0 Å². The van der Waals surface area contributed by atoms with Crippen molar-refractivity contribution in [2.24, 2.45) is 0 Å². The second-order valence-electron chi connectivity index (χ2n) is 7.79. The molecule has 0 bridgehead atoms. The van der Waals surface area contributed by atoms with Gasteiger partial charge in [-0.15, -0.1) is 0 Å². The van der Waals surface area contributed by atoms with Gasteiger partial charge in [-0.25, -0.2) is 9.97 Å². The minimum atomic E-state index is -0.148. The van der Waals surface area contributed by atoms with E-state index in [0.29, 0.717) is 51.2 Å². The Kier molecular flexibility index (Phi) is 5.03. The van der Waals surface area contributed by atoms with Crippen LogP contribution in [0.4, 0.5) is 0 Å². The van der Waals surface area contributed by atoms with Crippen LogP contribution in [0.25, 0.3) is 16.6 Å². The first-order valence-corrected chi connectivity index (χ1v) is 11.6. The first kappa shape index (κ1) is 20.5. The van der Waals surface area contributed by atoms with E-state index in [1.54, 1.807) is 29.0 Å². The number of nitrogens with zero attached hydrogens (tertiary/aromatic N) is 4. The van der Waals surface area contributed by atoms with Gasteiger partial charge in [0.1, 0.15) is 5.65 Å². The summed E-state index contributed by atoms with van der Waals surface area (Å²) in [5.41, 5.74) is 2.45. The molecule has 0 aliphatic carbocycles. The smallest absolute Gasteiger partial charge is 0.262 e. The van der Waals surface area contributed by atoms with Gasteiger partial charge < -0.3 is 9.47 Å². The lowest BCUT2D eigenvalue weighted by atomic mass is 10.2. The fourth-order valence-corrected chi connectivity index (χ4v) is 4.83. The van der Waals surface area contributed by atoms with Crippen LogP contribution in [0, 0.1) is 0 Å². The van der Waals surface area contributed by atoms with Crippen LogP contribution in [0.15, 0.2) is 87.7 Å². The van der Waals surface area contributed by atoms with Crippen molar-refractivity contribution in [3.05, 3.63) is 105 Å². The summed E-state index contributed by atoms with van der Waals surface area (Å²) >= 11 is 1.38. The van der Waals surface area contributed by atoms with Crippen molar-refractivity contribution in [1.82, 2.24) is 18.9 Å². The van der Waals surface area contributed by atoms with Crippen molar-refractivity contribution < 1.29 is 9.47 Å². The predicted octanol–water partition coefficient (Wildman–Crippen LogP) is 3.47. The normalized spacial score (nSPS) is 12.5. The van der Waals surface area contributed by atoms with E-state index >= 15 is 0 Å². The Bertz CT molecular complexity index is 1680. The maximum Gasteiger partial charge on any atom is 0.262 e. The molecule has 2 aromatic carbocycles. The van der Waals surface area contributed by atoms with Crippen LogP contribution in [-0.2, 0) is 12.3 Å². The van der Waals surface area contributed by atoms with Gasteiger partial charge in [-0.1, -0.05) is 36.0 Å². The molecule has 4 heterocycles. The van der Waals surface area contributed by atoms with Gasteiger partial charge in [0.05, 0.1) is 23.1 Å². The molecule has 0 radical (unpaired) electrons. The summed E-state index contributed by atoms with van der Waals surface area (Å²) in [4.78, 5) is 35.2. The van der Waals surface area contributed by atoms with E-state index in [9.17, 15) is 9.59 Å². The molecule has 0 fully saturated rings. The SMILES string of the molecule is O=c1c2ccccc2nc(SCc2cc(=O)n3ccccc3n2)n1Cc1ccc2c(c1)OCO2. The standard InChI is InChI=1S/C25H18N4O4S/c30-23-12-17(26-22-7-3-4-10-28(22)23)14-34-25-27-19-6-2-1-5-18(19)24(31)29(25)13-16-8-9-20-21(11-16)33-15-32-20/h1-12H,13-15H2. The maximum atomic E-state index is 13.4. The van der Waals surface area contributed by atoms with E-state index in [1.165, 1.54) is 22.2 Å². The highest BCUT2D eigenvalue weighted by molar-refractivity contribution is 7.98. The molecule has 1 aliphatic heterocycles. The number of para-hydroxylation sites is 1. The molecule has 0 saturated carbocycles. The summed E-state index contributed by atoms with van der Waals surface area (Å²) in [5.74, 6) is 1.75. The predicted molar refractivity (Wildman–Crippen MR) is 129 cm³/mol. The Balaban J connectivity index is 1.39. The van der Waals surface area contributed by atoms with E-state index < -0.39 is 0 Å². The van der Waals surface area contributed by atoms with Gasteiger partial charge in [-0.05, 0) is 42.0 Å². The van der Waals surface area contributed by atoms with Gasteiger partial charge in [-0.2, -0.15) is 0 Å². The summed E-state index contributed by atoms with van der Waals surface area (Å²) in [5, 5.41) is 1.10. The number of thioether (sulfide) groups is 1. The van der Waals surface area contributed by atoms with E-state index in [0.717, 1.165) is 5.56 Å². The minimum Gasteiger partial charge on any atom is -0.454 e. The molecule has 3 aromatic heterocycles. The third-order valence-corrected chi connectivity index (χ3v) is 6.59. The monoisotopic (exact) mass is 470 g/mol. The molecule has 1 aliphatic rings. The Hall–Kier alpha value is -4.11. The molecule has 6 rings (SSSR count). The first-order chi connectivity index (χ1) is 16.7. The van der Waals surface area contributed by atoms with Crippen molar-refractivity contribution in [1.29, 1.82) is 0 Å². The molecule has 0 amide bonds. The average molecular weight is 471 g/mol. The Morgan fingerprint density at radius 2 is 1.76 bits per heavy atom. The van der Waals surface area contributed by atoms with Crippen LogP contribution in [0.2, 0.25) is 0 Å². The third-order valence-electron chi connectivity index (χ3n) is 5.58. The van der Waals surface area contributed by atoms with Gasteiger partial charge in [-0.3, -0.25) is 18.6 Å². The zero-order valence-corrected chi connectivity index (χ0v) is 18.7. The van der Waals surface area contributed by atoms with Crippen LogP contribution in [-0.4, -0.2) is 25.7 Å². The fourth-order valence-electron chi connectivity index (χ4n) is 3.93. The maximum absolute atomic E-state index is 13.4. The highest BCUT2D eigenvalue weighted by Crippen LogP contribution is 2.33. The van der Waals surface area contributed by atoms with E-state index in [2.05, 4.69) is 4.98 Å². The average Bonchev–Trinajstić information content (AvgIpc) is 3.33. The van der Waals surface area contributed by atoms with Crippen molar-refractivity contribution >= 4 is 28.3 Å². The number of benzene rings is 2. The molecule has 5 aromatic rings. The second kappa shape index (κ2) is 8.35. The molecule has 168 valence electrons. The minimum absolute atomic E-state index is 0.127. The fraction of sp³-hybridized carbons (Fsp3) is 0.120. The topological polar surface area (TPSA) is 87.7 Å². The highest BCUT2D eigenvalue weighted by Gasteiger charge is 2.16. The number of hydrogen-bond donors (Lipinski definition) is 0. The number of aromatic nitrogens is 4. The molecular formula is C25H18N4O4S. The van der Waals surface area contributed by atoms with Crippen LogP contribution in [0.3, 0.4) is 0 Å². The van der Waals surface area contributed by atoms with Crippen LogP contribution < -0.4 is 20.6 Å². The molecule has 34 heavy (non-hydrogen) atoms. The van der Waals surface area contributed by atoms with Gasteiger partial charge in [0.25, 0.3) is 11.1 Å². The number of ether oxygens (including phenoxy) is 2. The first-order valence-electron chi connectivity index (χ1n) is 10.6. The molecule has 0 unspecified atom stereocenters. The summed E-state index contributed by atoms with van der Waals surface area (Å²) < 4.78 is 14.0. The third kappa shape index (κ3) is 3.69. The van der Waals surface area contributed by atoms with Crippen LogP contribution in [0.5, 0.6) is 11.5 Å². The molecule has 0 N–H and O–H groups in total. The molecule has 0 saturated heterocycles. The Morgan fingerprint density at radius 1 is 0.912 bits per heavy atom. The summed E-state index contributed by atoms with van der Waals surface area (Å²) in [6.07, 6.45) is 1.69. The van der Waals surface area contributed by atoms with Gasteiger partial charge in [0.15, 0.2) is 16.7 Å². The molecule has 9 heteroatoms. The largest absolute Gasteiger partial charge is 0.454 e. The number of pyridine rings is 1. The van der Waals surface area contributed by atoms with E-state index in [1.807, 2.05) is 42.5 Å². The lowest BCUT2D eigenvalue weighted by Gasteiger charge is -2.13. The van der Waals surface area contributed by atoms with Crippen LogP contribution in [0.1, 0.15) is 11.3 Å². The molecular weight excluding hydrogens is 452 g/mol. The lowest BCUT2D eigenvalue weighted by Crippen LogP contribution is -2.24. The van der Waals surface area contributed by atoms with Crippen molar-refractivity contribution in [2.45, 2.75) is 17.5 Å². The summed E-state index contributed by atoms with van der Waals surface area (Å²) in [6, 6.07) is 19.9. The van der Waals surface area contributed by atoms with E-state index in [4.69, 9.17) is 14.5 Å². The summed E-state index contributed by atoms with van der Waals surface area (Å²) in [6.45, 7) is 0.513. The molecule has 0 atom stereocenters. The zero-order chi connectivity index (χ0) is 23.1. The lowest BCUT2D eigenvalue weighted by molar-refractivity contribution is 0.174. The molecule has 0 spiro atoms. The summed E-state index contributed by atoms with van der Waals surface area (Å²) in [7, 11) is 0. The Morgan fingerprint density at radius 3 is 2.71 bits per heavy atom. The van der Waals surface area contributed by atoms with Crippen LogP contribution >= 0.6 is 11.8 Å². The quantitative estimate of drug-likeness (QED) is 0.287. The number of rotatable bonds is 5. The zero-order valence-electron chi connectivity index (χ0n) is 17.9. The Labute approximate surface area is 197 Å². The highest BCUT2D eigenvalue weighted by atomic mass is 32.2. The van der Waals surface area contributed by atoms with Crippen molar-refractivity contribution in [3.8, 4) is 11.5 Å². The van der Waals surface area contributed by atoms with Gasteiger partial charge in [0, 0.05) is 18.0 Å². The van der Waals surface area contributed by atoms with Gasteiger partial charge in [0.2, 0.25) is 6.79 Å². The second-order valence-corrected chi connectivity index (χ2v) is 8.74. The van der Waals surface area contributed by atoms with E-state index in [-0.39, 0.29) is 17.9 Å². The number of fused-ring (bicyclic) bond motifs is 3. The van der Waals surface area contributed by atoms with Gasteiger partial charge >= 0.3 is 0 Å². The molecule has 8 nitrogen and oxygen atoms in total. The van der Waals surface area contributed by atoms with Crippen molar-refractivity contribution in [2.75, 3.05) is 6.79 Å².